The maximum Gasteiger partial charge on any atom is 0.142 e. The summed E-state index contributed by atoms with van der Waals surface area (Å²) in [5, 5.41) is 0. The number of hydrogen-bond donors (Lipinski definition) is 0. The van der Waals surface area contributed by atoms with E-state index >= 15 is 0 Å². The summed E-state index contributed by atoms with van der Waals surface area (Å²) in [6, 6.07) is 21.2. The van der Waals surface area contributed by atoms with E-state index < -0.39 is 0 Å². The van der Waals surface area contributed by atoms with Gasteiger partial charge in [-0.05, 0) is 17.7 Å². The van der Waals surface area contributed by atoms with Crippen molar-refractivity contribution < 1.29 is 4.79 Å². The number of nitrogens with zero attached hydrogens (tertiary/aromatic N) is 1. The van der Waals surface area contributed by atoms with Crippen molar-refractivity contribution >= 4 is 5.78 Å². The predicted octanol–water partition coefficient (Wildman–Crippen LogP) is 4.65. The predicted molar refractivity (Wildman–Crippen MR) is 94.1 cm³/mol. The Labute approximate surface area is 139 Å². The zero-order chi connectivity index (χ0) is 16.4. The summed E-state index contributed by atoms with van der Waals surface area (Å²) in [6.07, 6.45) is 0. The van der Waals surface area contributed by atoms with Crippen molar-refractivity contribution in [1.29, 1.82) is 0 Å². The van der Waals surface area contributed by atoms with Crippen LogP contribution in [-0.4, -0.2) is 17.2 Å². The lowest BCUT2D eigenvalue weighted by molar-refractivity contribution is -0.137. The first kappa shape index (κ1) is 15.9. The molecule has 1 saturated heterocycles. The lowest BCUT2D eigenvalue weighted by atomic mass is 9.74. The second kappa shape index (κ2) is 6.67. The maximum atomic E-state index is 12.9. The van der Waals surface area contributed by atoms with Gasteiger partial charge in [-0.25, -0.2) is 0 Å². The molecule has 1 aliphatic heterocycles. The Morgan fingerprint density at radius 3 is 1.52 bits per heavy atom. The summed E-state index contributed by atoms with van der Waals surface area (Å²) in [6.45, 7) is 7.29. The molecule has 0 spiro atoms. The van der Waals surface area contributed by atoms with E-state index in [4.69, 9.17) is 0 Å². The Kier molecular flexibility index (Phi) is 4.63. The Morgan fingerprint density at radius 1 is 0.783 bits per heavy atom. The second-order valence-electron chi connectivity index (χ2n) is 6.52. The molecule has 0 saturated carbocycles. The van der Waals surface area contributed by atoms with Gasteiger partial charge in [-0.15, -0.1) is 0 Å². The van der Waals surface area contributed by atoms with Gasteiger partial charge in [-0.3, -0.25) is 9.69 Å². The molecule has 0 bridgehead atoms. The van der Waals surface area contributed by atoms with Gasteiger partial charge < -0.3 is 0 Å². The van der Waals surface area contributed by atoms with Gasteiger partial charge in [0.15, 0.2) is 0 Å². The van der Waals surface area contributed by atoms with Crippen molar-refractivity contribution in [3.05, 3.63) is 71.8 Å². The minimum Gasteiger partial charge on any atom is -0.299 e. The molecule has 2 aromatic carbocycles. The van der Waals surface area contributed by atoms with Gasteiger partial charge >= 0.3 is 0 Å². The fourth-order valence-corrected chi connectivity index (χ4v) is 4.13. The molecule has 0 aromatic heterocycles. The van der Waals surface area contributed by atoms with E-state index in [2.05, 4.69) is 74.2 Å². The summed E-state index contributed by atoms with van der Waals surface area (Å²) >= 11 is 0. The molecule has 3 rings (SSSR count). The largest absolute Gasteiger partial charge is 0.299 e. The number of carbonyl (C=O) groups is 1. The number of carbonyl (C=O) groups excluding carboxylic acids is 1. The van der Waals surface area contributed by atoms with Crippen molar-refractivity contribution in [3.8, 4) is 0 Å². The molecule has 23 heavy (non-hydrogen) atoms. The van der Waals surface area contributed by atoms with Crippen molar-refractivity contribution in [2.75, 3.05) is 6.54 Å². The van der Waals surface area contributed by atoms with Crippen LogP contribution in [0.15, 0.2) is 60.7 Å². The molecule has 1 aliphatic rings. The molecule has 0 aliphatic carbocycles. The Morgan fingerprint density at radius 2 is 1.17 bits per heavy atom. The van der Waals surface area contributed by atoms with E-state index in [1.165, 1.54) is 11.1 Å². The standard InChI is InChI=1S/C21H25NO/c1-4-22-19(17-11-7-5-8-12-17)15(2)21(23)16(3)20(22)18-13-9-6-10-14-18/h5-16,19-20H,4H2,1-3H3/t15-,16+,19-,20-/m0/s1. The van der Waals surface area contributed by atoms with Crippen LogP contribution in [0.2, 0.25) is 0 Å². The molecule has 120 valence electrons. The van der Waals surface area contributed by atoms with Gasteiger partial charge in [0.1, 0.15) is 5.78 Å². The first-order valence-corrected chi connectivity index (χ1v) is 8.54. The van der Waals surface area contributed by atoms with Gasteiger partial charge in [0, 0.05) is 23.9 Å². The van der Waals surface area contributed by atoms with Crippen LogP contribution in [0.25, 0.3) is 0 Å². The van der Waals surface area contributed by atoms with E-state index in [-0.39, 0.29) is 23.9 Å². The normalized spacial score (nSPS) is 28.7. The molecule has 0 radical (unpaired) electrons. The van der Waals surface area contributed by atoms with E-state index in [0.717, 1.165) is 6.54 Å². The fraction of sp³-hybridized carbons (Fsp3) is 0.381. The topological polar surface area (TPSA) is 20.3 Å². The van der Waals surface area contributed by atoms with Crippen LogP contribution in [0, 0.1) is 11.8 Å². The molecule has 1 heterocycles. The minimum atomic E-state index is 0.0207. The monoisotopic (exact) mass is 307 g/mol. The van der Waals surface area contributed by atoms with Crippen molar-refractivity contribution in [3.63, 3.8) is 0 Å². The molecule has 0 amide bonds. The number of ketones is 1. The summed E-state index contributed by atoms with van der Waals surface area (Å²) in [5.41, 5.74) is 2.48. The van der Waals surface area contributed by atoms with Gasteiger partial charge in [-0.1, -0.05) is 81.4 Å². The highest BCUT2D eigenvalue weighted by Crippen LogP contribution is 2.45. The average Bonchev–Trinajstić information content (AvgIpc) is 2.61. The molecule has 4 atom stereocenters. The number of Topliss-reactive ketones (excluding diaryl/α,β-unsaturated/α-hetero) is 1. The number of rotatable bonds is 3. The van der Waals surface area contributed by atoms with Gasteiger partial charge in [0.25, 0.3) is 0 Å². The van der Waals surface area contributed by atoms with Crippen LogP contribution in [0.5, 0.6) is 0 Å². The van der Waals surface area contributed by atoms with Crippen LogP contribution in [0.4, 0.5) is 0 Å². The summed E-state index contributed by atoms with van der Waals surface area (Å²) < 4.78 is 0. The van der Waals surface area contributed by atoms with Crippen molar-refractivity contribution in [2.24, 2.45) is 11.8 Å². The SMILES string of the molecule is CCN1[C@H](c2ccccc2)[C@H](C)C(=O)[C@H](C)[C@H]1c1ccccc1. The molecule has 2 nitrogen and oxygen atoms in total. The number of likely N-dealkylation sites (tertiary alicyclic amines) is 1. The Bertz CT molecular complexity index is 597. The summed E-state index contributed by atoms with van der Waals surface area (Å²) in [4.78, 5) is 15.4. The molecule has 1 fully saturated rings. The zero-order valence-corrected chi connectivity index (χ0v) is 14.1. The van der Waals surface area contributed by atoms with E-state index in [1.54, 1.807) is 0 Å². The summed E-state index contributed by atoms with van der Waals surface area (Å²) in [5.74, 6) is 0.414. The lowest BCUT2D eigenvalue weighted by Crippen LogP contribution is -2.49. The van der Waals surface area contributed by atoms with Crippen LogP contribution in [0.3, 0.4) is 0 Å². The number of hydrogen-bond acceptors (Lipinski definition) is 2. The highest BCUT2D eigenvalue weighted by atomic mass is 16.1. The first-order chi connectivity index (χ1) is 11.1. The highest BCUT2D eigenvalue weighted by molar-refractivity contribution is 5.85. The van der Waals surface area contributed by atoms with Gasteiger partial charge in [-0.2, -0.15) is 0 Å². The number of benzene rings is 2. The molecule has 0 N–H and O–H groups in total. The van der Waals surface area contributed by atoms with E-state index in [9.17, 15) is 4.79 Å². The highest BCUT2D eigenvalue weighted by Gasteiger charge is 2.45. The Hall–Kier alpha value is -1.93. The van der Waals surface area contributed by atoms with Crippen LogP contribution < -0.4 is 0 Å². The molecule has 2 heteroatoms. The van der Waals surface area contributed by atoms with Crippen LogP contribution in [0.1, 0.15) is 44.0 Å². The third kappa shape index (κ3) is 2.84. The molecule has 0 unspecified atom stereocenters. The van der Waals surface area contributed by atoms with E-state index in [1.807, 2.05) is 12.1 Å². The van der Waals surface area contributed by atoms with E-state index in [0.29, 0.717) is 5.78 Å². The molecule has 2 aromatic rings. The third-order valence-electron chi connectivity index (χ3n) is 5.21. The smallest absolute Gasteiger partial charge is 0.142 e. The molecular formula is C21H25NO. The van der Waals surface area contributed by atoms with Crippen molar-refractivity contribution in [2.45, 2.75) is 32.9 Å². The maximum absolute atomic E-state index is 12.9. The Balaban J connectivity index is 2.07. The fourth-order valence-electron chi connectivity index (χ4n) is 4.13. The first-order valence-electron chi connectivity index (χ1n) is 8.54. The quantitative estimate of drug-likeness (QED) is 0.823. The molecular weight excluding hydrogens is 282 g/mol. The second-order valence-corrected chi connectivity index (χ2v) is 6.52. The zero-order valence-electron chi connectivity index (χ0n) is 14.1. The van der Waals surface area contributed by atoms with Crippen LogP contribution in [-0.2, 0) is 4.79 Å². The third-order valence-corrected chi connectivity index (χ3v) is 5.21. The van der Waals surface area contributed by atoms with Gasteiger partial charge in [0.05, 0.1) is 0 Å². The van der Waals surface area contributed by atoms with Crippen LogP contribution >= 0.6 is 0 Å². The van der Waals surface area contributed by atoms with Crippen molar-refractivity contribution in [1.82, 2.24) is 4.90 Å². The average molecular weight is 307 g/mol. The summed E-state index contributed by atoms with van der Waals surface area (Å²) in [7, 11) is 0. The number of piperidine rings is 1. The minimum absolute atomic E-state index is 0.0207. The van der Waals surface area contributed by atoms with Gasteiger partial charge in [0.2, 0.25) is 0 Å². The lowest BCUT2D eigenvalue weighted by Gasteiger charge is -2.48.